The van der Waals surface area contributed by atoms with Crippen molar-refractivity contribution in [1.82, 2.24) is 0 Å². The van der Waals surface area contributed by atoms with Gasteiger partial charge in [0.25, 0.3) is 0 Å². The Morgan fingerprint density at radius 2 is 1.80 bits per heavy atom. The zero-order valence-electron chi connectivity index (χ0n) is 17.7. The van der Waals surface area contributed by atoms with Gasteiger partial charge in [0.1, 0.15) is 6.10 Å². The predicted molar refractivity (Wildman–Crippen MR) is 109 cm³/mol. The summed E-state index contributed by atoms with van der Waals surface area (Å²) in [4.78, 5) is 25.1. The molecule has 4 fully saturated rings. The van der Waals surface area contributed by atoms with Crippen molar-refractivity contribution >= 4 is 5.78 Å². The molecular formula is C24H32O6. The van der Waals surface area contributed by atoms with Crippen LogP contribution in [0.25, 0.3) is 0 Å². The lowest BCUT2D eigenvalue weighted by Crippen LogP contribution is -2.70. The minimum atomic E-state index is -1.27. The van der Waals surface area contributed by atoms with Crippen molar-refractivity contribution < 1.29 is 24.5 Å². The number of rotatable bonds is 1. The van der Waals surface area contributed by atoms with Crippen LogP contribution in [0, 0.1) is 28.6 Å². The Morgan fingerprint density at radius 3 is 2.50 bits per heavy atom. The van der Waals surface area contributed by atoms with Gasteiger partial charge in [-0.25, -0.2) is 4.79 Å². The van der Waals surface area contributed by atoms with Crippen molar-refractivity contribution in [2.75, 3.05) is 0 Å². The molecule has 0 saturated heterocycles. The number of carbonyl (C=O) groups excluding carboxylic acids is 1. The lowest BCUT2D eigenvalue weighted by Gasteiger charge is -2.63. The van der Waals surface area contributed by atoms with Crippen LogP contribution in [-0.4, -0.2) is 38.9 Å². The molecule has 3 N–H and O–H groups in total. The Kier molecular flexibility index (Phi) is 4.42. The van der Waals surface area contributed by atoms with Gasteiger partial charge >= 0.3 is 5.63 Å². The fourth-order valence-corrected chi connectivity index (χ4v) is 8.09. The van der Waals surface area contributed by atoms with Crippen LogP contribution in [-0.2, 0) is 4.79 Å². The van der Waals surface area contributed by atoms with Crippen LogP contribution < -0.4 is 5.63 Å². The molecule has 164 valence electrons. The maximum absolute atomic E-state index is 13.7. The molecule has 0 radical (unpaired) electrons. The summed E-state index contributed by atoms with van der Waals surface area (Å²) >= 11 is 0. The van der Waals surface area contributed by atoms with Gasteiger partial charge in [0, 0.05) is 17.4 Å². The van der Waals surface area contributed by atoms with Crippen LogP contribution >= 0.6 is 0 Å². The monoisotopic (exact) mass is 416 g/mol. The standard InChI is InChI=1S/C24H32O6/c1-22-9-7-15(25)11-14(22)4-5-17-19(22)20(27)21(28)23(2)16(8-10-24(17,23)29)13-3-6-18(26)30-12-13/h3,6,12,14-17,19,21,25,28-29H,4-5,7-11H2,1-2H3/t14-,15+,16-,17-,19-,21+,22+,23+,24-/m1/s1. The van der Waals surface area contributed by atoms with Crippen LogP contribution in [0.1, 0.15) is 70.3 Å². The molecule has 6 heteroatoms. The van der Waals surface area contributed by atoms with Crippen molar-refractivity contribution in [2.24, 2.45) is 28.6 Å². The van der Waals surface area contributed by atoms with E-state index in [4.69, 9.17) is 4.42 Å². The van der Waals surface area contributed by atoms with Gasteiger partial charge in [-0.3, -0.25) is 4.79 Å². The molecule has 0 amide bonds. The highest BCUT2D eigenvalue weighted by Gasteiger charge is 2.73. The average Bonchev–Trinajstić information content (AvgIpc) is 3.00. The molecule has 0 aromatic carbocycles. The first kappa shape index (κ1) is 20.4. The van der Waals surface area contributed by atoms with E-state index >= 15 is 0 Å². The molecule has 6 nitrogen and oxygen atoms in total. The molecule has 4 aliphatic rings. The number of Topliss-reactive ketones (excluding diaryl/α,β-unsaturated/α-hetero) is 1. The SMILES string of the molecule is C[C@]12CC[C@H](O)C[C@H]1CC[C@@H]1[C@@H]2C(=O)[C@H](O)[C@]2(C)[C@@H](c3ccc(=O)oc3)CC[C@@]12O. The number of hydrogen-bond acceptors (Lipinski definition) is 6. The van der Waals surface area contributed by atoms with Gasteiger partial charge in [0.15, 0.2) is 5.78 Å². The first-order valence-electron chi connectivity index (χ1n) is 11.3. The highest BCUT2D eigenvalue weighted by atomic mass is 16.4. The molecule has 0 unspecified atom stereocenters. The van der Waals surface area contributed by atoms with E-state index in [0.29, 0.717) is 25.7 Å². The summed E-state index contributed by atoms with van der Waals surface area (Å²) in [6, 6.07) is 3.05. The summed E-state index contributed by atoms with van der Waals surface area (Å²) in [6.45, 7) is 3.98. The minimum Gasteiger partial charge on any atom is -0.431 e. The van der Waals surface area contributed by atoms with Crippen molar-refractivity contribution in [3.63, 3.8) is 0 Å². The molecule has 0 aliphatic heterocycles. The summed E-state index contributed by atoms with van der Waals surface area (Å²) in [7, 11) is 0. The first-order chi connectivity index (χ1) is 14.1. The maximum atomic E-state index is 13.7. The molecular weight excluding hydrogens is 384 g/mol. The Bertz CT molecular complexity index is 904. The van der Waals surface area contributed by atoms with E-state index < -0.39 is 22.7 Å². The van der Waals surface area contributed by atoms with Gasteiger partial charge in [0.05, 0.1) is 18.0 Å². The van der Waals surface area contributed by atoms with E-state index in [0.717, 1.165) is 24.8 Å². The third-order valence-corrected chi connectivity index (χ3v) is 9.80. The molecule has 30 heavy (non-hydrogen) atoms. The molecule has 9 atom stereocenters. The largest absolute Gasteiger partial charge is 0.431 e. The number of hydrogen-bond donors (Lipinski definition) is 3. The van der Waals surface area contributed by atoms with Crippen LogP contribution in [0.3, 0.4) is 0 Å². The van der Waals surface area contributed by atoms with Crippen molar-refractivity contribution in [1.29, 1.82) is 0 Å². The molecule has 0 spiro atoms. The lowest BCUT2D eigenvalue weighted by atomic mass is 9.42. The maximum Gasteiger partial charge on any atom is 0.335 e. The van der Waals surface area contributed by atoms with Crippen LogP contribution in [0.15, 0.2) is 27.6 Å². The van der Waals surface area contributed by atoms with Gasteiger partial charge in [-0.2, -0.15) is 0 Å². The molecule has 5 rings (SSSR count). The summed E-state index contributed by atoms with van der Waals surface area (Å²) in [5, 5.41) is 33.7. The number of ketones is 1. The molecule has 1 aromatic heterocycles. The van der Waals surface area contributed by atoms with E-state index in [1.54, 1.807) is 6.07 Å². The summed E-state index contributed by atoms with van der Waals surface area (Å²) in [6.07, 6.45) is 4.71. The van der Waals surface area contributed by atoms with E-state index in [1.807, 2.05) is 6.92 Å². The van der Waals surface area contributed by atoms with Gasteiger partial charge in [0.2, 0.25) is 0 Å². The Morgan fingerprint density at radius 1 is 1.03 bits per heavy atom. The topological polar surface area (TPSA) is 108 Å². The van der Waals surface area contributed by atoms with Gasteiger partial charge in [-0.15, -0.1) is 0 Å². The van der Waals surface area contributed by atoms with Gasteiger partial charge in [-0.1, -0.05) is 13.8 Å². The summed E-state index contributed by atoms with van der Waals surface area (Å²) in [5.74, 6) is -0.752. The van der Waals surface area contributed by atoms with Gasteiger partial charge < -0.3 is 19.7 Å². The van der Waals surface area contributed by atoms with E-state index in [-0.39, 0.29) is 41.0 Å². The highest BCUT2D eigenvalue weighted by Crippen LogP contribution is 2.69. The lowest BCUT2D eigenvalue weighted by molar-refractivity contribution is -0.230. The van der Waals surface area contributed by atoms with Crippen LogP contribution in [0.2, 0.25) is 0 Å². The Hall–Kier alpha value is -1.50. The Labute approximate surface area is 176 Å². The summed E-state index contributed by atoms with van der Waals surface area (Å²) in [5.41, 5.74) is -2.17. The van der Waals surface area contributed by atoms with Gasteiger partial charge in [-0.05, 0) is 79.7 Å². The van der Waals surface area contributed by atoms with Crippen molar-refractivity contribution in [3.05, 3.63) is 34.4 Å². The van der Waals surface area contributed by atoms with Crippen LogP contribution in [0.4, 0.5) is 0 Å². The molecule has 4 aliphatic carbocycles. The quantitative estimate of drug-likeness (QED) is 0.649. The molecule has 1 heterocycles. The number of fused-ring (bicyclic) bond motifs is 5. The summed E-state index contributed by atoms with van der Waals surface area (Å²) < 4.78 is 5.07. The fourth-order valence-electron chi connectivity index (χ4n) is 8.09. The second kappa shape index (κ2) is 6.50. The Balaban J connectivity index is 1.58. The predicted octanol–water partition coefficient (Wildman–Crippen LogP) is 2.39. The third kappa shape index (κ3) is 2.41. The fraction of sp³-hybridized carbons (Fsp3) is 0.750. The first-order valence-corrected chi connectivity index (χ1v) is 11.3. The molecule has 0 bridgehead atoms. The zero-order valence-corrected chi connectivity index (χ0v) is 17.7. The van der Waals surface area contributed by atoms with E-state index in [2.05, 4.69) is 6.92 Å². The zero-order chi connectivity index (χ0) is 21.5. The number of aliphatic hydroxyl groups excluding tert-OH is 2. The van der Waals surface area contributed by atoms with Crippen molar-refractivity contribution in [3.8, 4) is 0 Å². The number of carbonyl (C=O) groups is 1. The second-order valence-electron chi connectivity index (χ2n) is 10.8. The van der Waals surface area contributed by atoms with E-state index in [1.165, 1.54) is 12.3 Å². The smallest absolute Gasteiger partial charge is 0.335 e. The number of aliphatic hydroxyl groups is 3. The average molecular weight is 417 g/mol. The second-order valence-corrected chi connectivity index (χ2v) is 10.8. The molecule has 1 aromatic rings. The third-order valence-electron chi connectivity index (χ3n) is 9.80. The highest BCUT2D eigenvalue weighted by molar-refractivity contribution is 5.89. The van der Waals surface area contributed by atoms with E-state index in [9.17, 15) is 24.9 Å². The van der Waals surface area contributed by atoms with Crippen molar-refractivity contribution in [2.45, 2.75) is 82.5 Å². The molecule has 4 saturated carbocycles. The normalized spacial score (nSPS) is 50.5. The minimum absolute atomic E-state index is 0.153. The van der Waals surface area contributed by atoms with Crippen LogP contribution in [0.5, 0.6) is 0 Å².